The van der Waals surface area contributed by atoms with E-state index in [9.17, 15) is 13.2 Å². The molecule has 4 heteroatoms. The zero-order valence-electron chi connectivity index (χ0n) is 13.9. The highest BCUT2D eigenvalue weighted by molar-refractivity contribution is 5.87. The highest BCUT2D eigenvalue weighted by atomic mass is 19.4. The number of pyridine rings is 1. The molecule has 22 heavy (non-hydrogen) atoms. The predicted molar refractivity (Wildman–Crippen MR) is 84.1 cm³/mol. The van der Waals surface area contributed by atoms with Crippen LogP contribution in [0.2, 0.25) is 0 Å². The molecule has 2 aromatic rings. The summed E-state index contributed by atoms with van der Waals surface area (Å²) in [5.41, 5.74) is 0.0588. The molecule has 1 aromatic heterocycles. The molecule has 0 aliphatic heterocycles. The van der Waals surface area contributed by atoms with E-state index >= 15 is 0 Å². The fourth-order valence-corrected chi connectivity index (χ4v) is 2.70. The second kappa shape index (κ2) is 4.97. The zero-order chi connectivity index (χ0) is 16.9. The van der Waals surface area contributed by atoms with E-state index < -0.39 is 17.2 Å². The average Bonchev–Trinajstić information content (AvgIpc) is 2.33. The third-order valence-electron chi connectivity index (χ3n) is 3.80. The van der Waals surface area contributed by atoms with Crippen molar-refractivity contribution in [1.82, 2.24) is 4.98 Å². The summed E-state index contributed by atoms with van der Waals surface area (Å²) >= 11 is 0. The number of para-hydroxylation sites is 1. The van der Waals surface area contributed by atoms with Crippen molar-refractivity contribution in [2.24, 2.45) is 0 Å². The van der Waals surface area contributed by atoms with Crippen LogP contribution in [-0.4, -0.2) is 4.98 Å². The van der Waals surface area contributed by atoms with Gasteiger partial charge in [0.05, 0.1) is 11.1 Å². The van der Waals surface area contributed by atoms with E-state index in [1.165, 1.54) is 12.3 Å². The molecule has 0 spiro atoms. The minimum atomic E-state index is -4.40. The molecule has 0 radical (unpaired) electrons. The standard InChI is InChI=1S/C18H22F3N/c1-16(2,3)12-9-7-8-11-14(18(19,20)21)13(17(4,5)6)10-22-15(11)12/h7-10H,1-6H3. The Kier molecular flexibility index (Phi) is 3.79. The van der Waals surface area contributed by atoms with Crippen LogP contribution >= 0.6 is 0 Å². The number of fused-ring (bicyclic) bond motifs is 1. The number of hydrogen-bond acceptors (Lipinski definition) is 1. The van der Waals surface area contributed by atoms with Crippen molar-refractivity contribution in [2.45, 2.75) is 58.5 Å². The molecule has 0 aliphatic rings. The van der Waals surface area contributed by atoms with E-state index in [1.54, 1.807) is 26.8 Å². The maximum atomic E-state index is 13.7. The quantitative estimate of drug-likeness (QED) is 0.595. The number of alkyl halides is 3. The Morgan fingerprint density at radius 1 is 0.818 bits per heavy atom. The van der Waals surface area contributed by atoms with Gasteiger partial charge in [0.25, 0.3) is 0 Å². The summed E-state index contributed by atoms with van der Waals surface area (Å²) in [5, 5.41) is 0.187. The van der Waals surface area contributed by atoms with Gasteiger partial charge in [0.2, 0.25) is 0 Å². The van der Waals surface area contributed by atoms with Crippen molar-refractivity contribution in [1.29, 1.82) is 0 Å². The molecule has 0 saturated heterocycles. The topological polar surface area (TPSA) is 12.9 Å². The summed E-state index contributed by atoms with van der Waals surface area (Å²) in [5.74, 6) is 0. The molecule has 0 unspecified atom stereocenters. The first-order chi connectivity index (χ1) is 9.83. The van der Waals surface area contributed by atoms with Crippen LogP contribution in [0.15, 0.2) is 24.4 Å². The monoisotopic (exact) mass is 309 g/mol. The van der Waals surface area contributed by atoms with Crippen LogP contribution in [0.4, 0.5) is 13.2 Å². The number of hydrogen-bond donors (Lipinski definition) is 0. The van der Waals surface area contributed by atoms with Gasteiger partial charge in [0.1, 0.15) is 0 Å². The first kappa shape index (κ1) is 16.8. The molecule has 2 rings (SSSR count). The van der Waals surface area contributed by atoms with Gasteiger partial charge >= 0.3 is 6.18 Å². The highest BCUT2D eigenvalue weighted by Gasteiger charge is 2.39. The number of aromatic nitrogens is 1. The molecule has 0 aliphatic carbocycles. The largest absolute Gasteiger partial charge is 0.417 e. The molecule has 1 nitrogen and oxygen atoms in total. The Morgan fingerprint density at radius 2 is 1.36 bits per heavy atom. The summed E-state index contributed by atoms with van der Waals surface area (Å²) in [6.45, 7) is 11.3. The lowest BCUT2D eigenvalue weighted by atomic mass is 9.81. The fraction of sp³-hybridized carbons (Fsp3) is 0.500. The van der Waals surface area contributed by atoms with E-state index in [4.69, 9.17) is 0 Å². The van der Waals surface area contributed by atoms with Crippen molar-refractivity contribution in [3.05, 3.63) is 41.1 Å². The molecule has 120 valence electrons. The predicted octanol–water partition coefficient (Wildman–Crippen LogP) is 5.85. The van der Waals surface area contributed by atoms with Gasteiger partial charge in [0, 0.05) is 11.6 Å². The molecule has 0 bridgehead atoms. The van der Waals surface area contributed by atoms with Gasteiger partial charge in [-0.05, 0) is 22.0 Å². The molecule has 0 saturated carbocycles. The minimum Gasteiger partial charge on any atom is -0.256 e. The van der Waals surface area contributed by atoms with Gasteiger partial charge in [-0.3, -0.25) is 4.98 Å². The number of rotatable bonds is 0. The summed E-state index contributed by atoms with van der Waals surface area (Å²) in [7, 11) is 0. The first-order valence-electron chi connectivity index (χ1n) is 7.33. The lowest BCUT2D eigenvalue weighted by Crippen LogP contribution is -2.21. The first-order valence-corrected chi connectivity index (χ1v) is 7.33. The maximum Gasteiger partial charge on any atom is 0.417 e. The van der Waals surface area contributed by atoms with Gasteiger partial charge in [-0.2, -0.15) is 13.2 Å². The molecule has 1 heterocycles. The Balaban J connectivity index is 2.96. The van der Waals surface area contributed by atoms with Gasteiger partial charge in [-0.15, -0.1) is 0 Å². The fourth-order valence-electron chi connectivity index (χ4n) is 2.70. The Morgan fingerprint density at radius 3 is 1.82 bits per heavy atom. The van der Waals surface area contributed by atoms with E-state index in [-0.39, 0.29) is 16.4 Å². The van der Waals surface area contributed by atoms with Crippen LogP contribution in [0.5, 0.6) is 0 Å². The third kappa shape index (κ3) is 2.96. The smallest absolute Gasteiger partial charge is 0.256 e. The Hall–Kier alpha value is -1.58. The normalized spacial score (nSPS) is 13.7. The van der Waals surface area contributed by atoms with Gasteiger partial charge < -0.3 is 0 Å². The van der Waals surface area contributed by atoms with Crippen molar-refractivity contribution in [2.75, 3.05) is 0 Å². The van der Waals surface area contributed by atoms with Crippen LogP contribution in [-0.2, 0) is 17.0 Å². The lowest BCUT2D eigenvalue weighted by molar-refractivity contribution is -0.137. The van der Waals surface area contributed by atoms with E-state index in [0.717, 1.165) is 5.56 Å². The van der Waals surface area contributed by atoms with Crippen LogP contribution in [0.1, 0.15) is 58.2 Å². The van der Waals surface area contributed by atoms with Gasteiger partial charge in [0.15, 0.2) is 0 Å². The molecule has 1 aromatic carbocycles. The van der Waals surface area contributed by atoms with Crippen molar-refractivity contribution in [3.63, 3.8) is 0 Å². The second-order valence-corrected chi connectivity index (χ2v) is 7.75. The van der Waals surface area contributed by atoms with Crippen molar-refractivity contribution >= 4 is 10.9 Å². The van der Waals surface area contributed by atoms with E-state index in [1.807, 2.05) is 26.8 Å². The highest BCUT2D eigenvalue weighted by Crippen LogP contribution is 2.42. The Labute approximate surface area is 129 Å². The van der Waals surface area contributed by atoms with E-state index in [2.05, 4.69) is 4.98 Å². The van der Waals surface area contributed by atoms with Crippen LogP contribution in [0.3, 0.4) is 0 Å². The summed E-state index contributed by atoms with van der Waals surface area (Å²) in [6.07, 6.45) is -3.01. The third-order valence-corrected chi connectivity index (χ3v) is 3.80. The molecule has 0 fully saturated rings. The molecular formula is C18H22F3N. The van der Waals surface area contributed by atoms with Gasteiger partial charge in [-0.1, -0.05) is 59.7 Å². The minimum absolute atomic E-state index is 0.187. The molecule has 0 amide bonds. The number of benzene rings is 1. The second-order valence-electron chi connectivity index (χ2n) is 7.75. The Bertz CT molecular complexity index is 701. The molecule has 0 N–H and O–H groups in total. The lowest BCUT2D eigenvalue weighted by Gasteiger charge is -2.27. The van der Waals surface area contributed by atoms with Crippen molar-refractivity contribution in [3.8, 4) is 0 Å². The van der Waals surface area contributed by atoms with E-state index in [0.29, 0.717) is 5.52 Å². The maximum absolute atomic E-state index is 13.7. The van der Waals surface area contributed by atoms with Crippen LogP contribution in [0, 0.1) is 0 Å². The summed E-state index contributed by atoms with van der Waals surface area (Å²) < 4.78 is 41.1. The van der Waals surface area contributed by atoms with Gasteiger partial charge in [-0.25, -0.2) is 0 Å². The van der Waals surface area contributed by atoms with Crippen LogP contribution < -0.4 is 0 Å². The summed E-state index contributed by atoms with van der Waals surface area (Å²) in [4.78, 5) is 4.39. The molecular weight excluding hydrogens is 287 g/mol. The number of nitrogens with zero attached hydrogens (tertiary/aromatic N) is 1. The van der Waals surface area contributed by atoms with Crippen LogP contribution in [0.25, 0.3) is 10.9 Å². The summed E-state index contributed by atoms with van der Waals surface area (Å²) in [6, 6.07) is 5.06. The van der Waals surface area contributed by atoms with Crippen molar-refractivity contribution < 1.29 is 13.2 Å². The molecule has 0 atom stereocenters. The average molecular weight is 309 g/mol. The SMILES string of the molecule is CC(C)(C)c1cnc2c(C(C)(C)C)cccc2c1C(F)(F)F. The zero-order valence-corrected chi connectivity index (χ0v) is 13.9. The number of halogens is 3.